The van der Waals surface area contributed by atoms with E-state index in [0.717, 1.165) is 24.3 Å². The lowest BCUT2D eigenvalue weighted by Crippen LogP contribution is -2.09. The molecular weight excluding hydrogens is 321 g/mol. The summed E-state index contributed by atoms with van der Waals surface area (Å²) >= 11 is 0. The quantitative estimate of drug-likeness (QED) is 0.513. The SMILES string of the molecule is O=C(/C=C/c1ccc([N+](=O)[O-])cc1)Nc1cc([N+](=O)[O-])ccc1F. The Morgan fingerprint density at radius 1 is 1.00 bits per heavy atom. The Hall–Kier alpha value is -3.62. The Kier molecular flexibility index (Phi) is 4.95. The van der Waals surface area contributed by atoms with Gasteiger partial charge in [0.1, 0.15) is 5.82 Å². The standard InChI is InChI=1S/C15H10FN3O5/c16-13-7-6-12(19(23)24)9-14(13)17-15(20)8-3-10-1-4-11(5-2-10)18(21)22/h1-9H,(H,17,20)/b8-3+. The van der Waals surface area contributed by atoms with Crippen LogP contribution >= 0.6 is 0 Å². The molecule has 24 heavy (non-hydrogen) atoms. The molecule has 8 nitrogen and oxygen atoms in total. The van der Waals surface area contributed by atoms with Gasteiger partial charge in [0, 0.05) is 30.3 Å². The van der Waals surface area contributed by atoms with Crippen LogP contribution in [-0.4, -0.2) is 15.8 Å². The topological polar surface area (TPSA) is 115 Å². The molecule has 0 spiro atoms. The van der Waals surface area contributed by atoms with Crippen molar-refractivity contribution in [1.29, 1.82) is 0 Å². The predicted octanol–water partition coefficient (Wildman–Crippen LogP) is 3.29. The minimum absolute atomic E-state index is 0.0877. The summed E-state index contributed by atoms with van der Waals surface area (Å²) in [7, 11) is 0. The molecule has 0 saturated carbocycles. The first-order valence-corrected chi connectivity index (χ1v) is 6.54. The van der Waals surface area contributed by atoms with Crippen molar-refractivity contribution in [1.82, 2.24) is 0 Å². The van der Waals surface area contributed by atoms with Gasteiger partial charge in [-0.2, -0.15) is 0 Å². The number of hydrogen-bond acceptors (Lipinski definition) is 5. The summed E-state index contributed by atoms with van der Waals surface area (Å²) in [6, 6.07) is 8.21. The van der Waals surface area contributed by atoms with E-state index in [2.05, 4.69) is 5.32 Å². The molecule has 0 aliphatic carbocycles. The molecule has 0 atom stereocenters. The number of carbonyl (C=O) groups excluding carboxylic acids is 1. The van der Waals surface area contributed by atoms with Crippen LogP contribution in [0.15, 0.2) is 48.5 Å². The molecule has 0 aliphatic rings. The van der Waals surface area contributed by atoms with Crippen molar-refractivity contribution in [3.63, 3.8) is 0 Å². The van der Waals surface area contributed by atoms with Crippen LogP contribution in [0.3, 0.4) is 0 Å². The Balaban J connectivity index is 2.09. The lowest BCUT2D eigenvalue weighted by atomic mass is 10.2. The van der Waals surface area contributed by atoms with Gasteiger partial charge >= 0.3 is 0 Å². The molecule has 0 unspecified atom stereocenters. The highest BCUT2D eigenvalue weighted by atomic mass is 19.1. The average Bonchev–Trinajstić information content (AvgIpc) is 2.55. The molecule has 122 valence electrons. The van der Waals surface area contributed by atoms with E-state index in [1.807, 2.05) is 0 Å². The van der Waals surface area contributed by atoms with Crippen LogP contribution in [0.4, 0.5) is 21.5 Å². The second kappa shape index (κ2) is 7.09. The summed E-state index contributed by atoms with van der Waals surface area (Å²) in [5.74, 6) is -1.51. The van der Waals surface area contributed by atoms with Crippen LogP contribution in [-0.2, 0) is 4.79 Å². The number of amides is 1. The van der Waals surface area contributed by atoms with Gasteiger partial charge in [-0.3, -0.25) is 25.0 Å². The minimum atomic E-state index is -0.808. The van der Waals surface area contributed by atoms with E-state index in [1.165, 1.54) is 30.3 Å². The fourth-order valence-corrected chi connectivity index (χ4v) is 1.78. The first-order chi connectivity index (χ1) is 11.4. The Morgan fingerprint density at radius 2 is 1.58 bits per heavy atom. The molecule has 0 aromatic heterocycles. The number of nitro benzene ring substituents is 2. The molecule has 1 N–H and O–H groups in total. The van der Waals surface area contributed by atoms with E-state index in [0.29, 0.717) is 5.56 Å². The maximum Gasteiger partial charge on any atom is 0.271 e. The van der Waals surface area contributed by atoms with E-state index >= 15 is 0 Å². The van der Waals surface area contributed by atoms with Gasteiger partial charge < -0.3 is 5.32 Å². The number of nitro groups is 2. The zero-order chi connectivity index (χ0) is 17.7. The monoisotopic (exact) mass is 331 g/mol. The number of benzene rings is 2. The Morgan fingerprint density at radius 3 is 2.17 bits per heavy atom. The number of rotatable bonds is 5. The highest BCUT2D eigenvalue weighted by molar-refractivity contribution is 6.02. The number of hydrogen-bond donors (Lipinski definition) is 1. The zero-order valence-corrected chi connectivity index (χ0v) is 12.0. The largest absolute Gasteiger partial charge is 0.320 e. The predicted molar refractivity (Wildman–Crippen MR) is 83.8 cm³/mol. The number of nitrogens with one attached hydrogen (secondary N) is 1. The summed E-state index contributed by atoms with van der Waals surface area (Å²) < 4.78 is 13.6. The third kappa shape index (κ3) is 4.19. The molecule has 0 fully saturated rings. The second-order valence-electron chi connectivity index (χ2n) is 4.59. The highest BCUT2D eigenvalue weighted by Crippen LogP contribution is 2.21. The third-order valence-electron chi connectivity index (χ3n) is 2.95. The minimum Gasteiger partial charge on any atom is -0.320 e. The Bertz CT molecular complexity index is 834. The normalized spacial score (nSPS) is 10.5. The molecule has 0 bridgehead atoms. The number of anilines is 1. The summed E-state index contributed by atoms with van der Waals surface area (Å²) in [6.45, 7) is 0. The number of carbonyl (C=O) groups is 1. The summed E-state index contributed by atoms with van der Waals surface area (Å²) in [6.07, 6.45) is 2.45. The van der Waals surface area contributed by atoms with Crippen LogP contribution in [0.2, 0.25) is 0 Å². The fourth-order valence-electron chi connectivity index (χ4n) is 1.78. The van der Waals surface area contributed by atoms with E-state index in [1.54, 1.807) is 0 Å². The van der Waals surface area contributed by atoms with Gasteiger partial charge in [0.25, 0.3) is 11.4 Å². The summed E-state index contributed by atoms with van der Waals surface area (Å²) in [5, 5.41) is 23.4. The number of nitrogens with zero attached hydrogens (tertiary/aromatic N) is 2. The summed E-state index contributed by atoms with van der Waals surface area (Å²) in [5.41, 5.74) is -0.237. The molecule has 9 heteroatoms. The van der Waals surface area contributed by atoms with Crippen molar-refractivity contribution in [3.8, 4) is 0 Å². The first kappa shape index (κ1) is 16.7. The smallest absolute Gasteiger partial charge is 0.271 e. The van der Waals surface area contributed by atoms with E-state index in [9.17, 15) is 29.4 Å². The van der Waals surface area contributed by atoms with Gasteiger partial charge in [-0.25, -0.2) is 4.39 Å². The third-order valence-corrected chi connectivity index (χ3v) is 2.95. The average molecular weight is 331 g/mol. The van der Waals surface area contributed by atoms with Crippen molar-refractivity contribution in [2.75, 3.05) is 5.32 Å². The van der Waals surface area contributed by atoms with Crippen molar-refractivity contribution >= 4 is 29.0 Å². The molecule has 0 aliphatic heterocycles. The van der Waals surface area contributed by atoms with Crippen LogP contribution in [0.25, 0.3) is 6.08 Å². The molecule has 0 radical (unpaired) electrons. The second-order valence-corrected chi connectivity index (χ2v) is 4.59. The van der Waals surface area contributed by atoms with Crippen molar-refractivity contribution in [3.05, 3.63) is 80.1 Å². The molecule has 0 heterocycles. The number of non-ortho nitro benzene ring substituents is 2. The Labute approximate surface area is 134 Å². The van der Waals surface area contributed by atoms with Crippen molar-refractivity contribution < 1.29 is 19.0 Å². The number of halogens is 1. The lowest BCUT2D eigenvalue weighted by molar-refractivity contribution is -0.385. The van der Waals surface area contributed by atoms with Crippen LogP contribution < -0.4 is 5.32 Å². The van der Waals surface area contributed by atoms with E-state index in [4.69, 9.17) is 0 Å². The van der Waals surface area contributed by atoms with E-state index < -0.39 is 21.6 Å². The van der Waals surface area contributed by atoms with Crippen LogP contribution in [0.1, 0.15) is 5.56 Å². The van der Waals surface area contributed by atoms with Crippen molar-refractivity contribution in [2.45, 2.75) is 0 Å². The molecule has 0 saturated heterocycles. The van der Waals surface area contributed by atoms with Gasteiger partial charge in [0.2, 0.25) is 5.91 Å². The van der Waals surface area contributed by atoms with Gasteiger partial charge in [0.05, 0.1) is 15.5 Å². The van der Waals surface area contributed by atoms with Gasteiger partial charge in [-0.15, -0.1) is 0 Å². The maximum absolute atomic E-state index is 13.6. The zero-order valence-electron chi connectivity index (χ0n) is 12.0. The molecular formula is C15H10FN3O5. The van der Waals surface area contributed by atoms with Gasteiger partial charge in [-0.1, -0.05) is 0 Å². The van der Waals surface area contributed by atoms with Crippen LogP contribution in [0.5, 0.6) is 0 Å². The van der Waals surface area contributed by atoms with Crippen molar-refractivity contribution in [2.24, 2.45) is 0 Å². The maximum atomic E-state index is 13.6. The summed E-state index contributed by atoms with van der Waals surface area (Å²) in [4.78, 5) is 31.7. The molecule has 2 aromatic rings. The van der Waals surface area contributed by atoms with Gasteiger partial charge in [-0.05, 0) is 29.8 Å². The van der Waals surface area contributed by atoms with E-state index in [-0.39, 0.29) is 17.1 Å². The first-order valence-electron chi connectivity index (χ1n) is 6.54. The molecule has 2 rings (SSSR count). The fraction of sp³-hybridized carbons (Fsp3) is 0. The van der Waals surface area contributed by atoms with Gasteiger partial charge in [0.15, 0.2) is 0 Å². The highest BCUT2D eigenvalue weighted by Gasteiger charge is 2.12. The molecule has 2 aromatic carbocycles. The van der Waals surface area contributed by atoms with Crippen LogP contribution in [0, 0.1) is 26.0 Å². The lowest BCUT2D eigenvalue weighted by Gasteiger charge is -2.03. The molecule has 1 amide bonds.